The van der Waals surface area contributed by atoms with Crippen LogP contribution in [0.25, 0.3) is 0 Å². The highest BCUT2D eigenvalue weighted by Gasteiger charge is 2.66. The standard InChI is InChI=1S/C9H14O3.C8H13BO5.C7H12BNO4.C7H11BO4.C6H9BO5/c1-5-3-9(4-10)8(11)7(5)6(2)12-9;9-7-5-6(12)8(3-11,14-7)4(13-5)1-2-10;8-6-4-5(11)7(2-10,13-6)1-3(9)12-4;1-3(9)7-2-11-4(5(7)10)6(8)12-7;7-4-2-3(9)6(1-8,12-4)5(10)11-2/h6-8,10-11H,1,3-4H2,2H3;4-7,10-12H,1-3H2;3-6,10-11H,1-2,9H2;3-6,9-10H,2H2,1H3;2-5,8-10H,1H2/t6-,7-,8+,9+;4-,5+,6-,7+,8-;2*3?,4-,5+,6-,7-;2-,3+,4-,5-,6-/m00111/s1. The zero-order chi connectivity index (χ0) is 46.8. The summed E-state index contributed by atoms with van der Waals surface area (Å²) in [5, 5.41) is 112. The summed E-state index contributed by atoms with van der Waals surface area (Å²) in [5.74, 6) is 0.0251. The van der Waals surface area contributed by atoms with E-state index in [-0.39, 0.29) is 51.5 Å². The van der Waals surface area contributed by atoms with Gasteiger partial charge in [0, 0.05) is 49.4 Å². The lowest BCUT2D eigenvalue weighted by molar-refractivity contribution is -0.252. The minimum absolute atomic E-state index is 0.00611. The zero-order valence-electron chi connectivity index (χ0n) is 35.0. The maximum atomic E-state index is 9.78. The summed E-state index contributed by atoms with van der Waals surface area (Å²) in [5.41, 5.74) is 1.23. The number of ether oxygens (including phenoxy) is 9. The number of hydrogen-bond acceptors (Lipinski definition) is 22. The van der Waals surface area contributed by atoms with Crippen LogP contribution in [-0.4, -0.2) is 270 Å². The molecular weight excluding hydrogens is 838 g/mol. The van der Waals surface area contributed by atoms with Crippen molar-refractivity contribution in [1.82, 2.24) is 0 Å². The van der Waals surface area contributed by atoms with Crippen LogP contribution in [0.4, 0.5) is 0 Å². The Morgan fingerprint density at radius 1 is 0.667 bits per heavy atom. The van der Waals surface area contributed by atoms with E-state index in [4.69, 9.17) is 100 Å². The van der Waals surface area contributed by atoms with E-state index in [1.54, 1.807) is 6.92 Å². The minimum Gasteiger partial charge on any atom is -0.396 e. The van der Waals surface area contributed by atoms with E-state index in [0.717, 1.165) is 5.57 Å². The maximum Gasteiger partial charge on any atom is 0.189 e. The summed E-state index contributed by atoms with van der Waals surface area (Å²) < 4.78 is 47.1. The lowest BCUT2D eigenvalue weighted by atomic mass is 9.85. The molecule has 0 aromatic rings. The molecule has 1 aliphatic carbocycles. The van der Waals surface area contributed by atoms with Gasteiger partial charge in [-0.1, -0.05) is 12.2 Å². The highest BCUT2D eigenvalue weighted by Crippen LogP contribution is 2.50. The van der Waals surface area contributed by atoms with Gasteiger partial charge in [-0.2, -0.15) is 0 Å². The SMILES string of the molecule is C=C1C[C@]2(CO)O[C@@H](C)[C@H]1[C@H]2O.[B][C@@H]1O[C@@]2(C(C)O)CO[C@@H]1[C@@H]2O.[B][C@@H]1O[C@@]2(CO)CC(N)O[C@@H]1[C@@H]2O.[B][C@@H]1O[C@@]2(CO)[C@H](CCO)O[C@@H]1[C@@H]2O.[B][C@@H]1O[C@@]2(CO)[C@H](O)O[C@@H]1[C@@H]2O. The van der Waals surface area contributed by atoms with Crippen molar-refractivity contribution in [3.05, 3.63) is 12.2 Å². The fourth-order valence-electron chi connectivity index (χ4n) is 10.2. The van der Waals surface area contributed by atoms with Crippen LogP contribution < -0.4 is 5.73 Å². The Balaban J connectivity index is 0.000000131. The number of rotatable bonds is 7. The number of fused-ring (bicyclic) bond motifs is 10. The summed E-state index contributed by atoms with van der Waals surface area (Å²) in [6, 6.07) is -2.82. The van der Waals surface area contributed by atoms with Crippen LogP contribution in [0, 0.1) is 5.92 Å². The van der Waals surface area contributed by atoms with Gasteiger partial charge in [-0.15, -0.1) is 0 Å². The summed E-state index contributed by atoms with van der Waals surface area (Å²) in [4.78, 5) is 0. The fraction of sp³-hybridized carbons (Fsp3) is 0.946. The normalized spacial score (nSPS) is 54.1. The number of aliphatic hydroxyl groups is 12. The Morgan fingerprint density at radius 2 is 1.21 bits per heavy atom. The highest BCUT2D eigenvalue weighted by molar-refractivity contribution is 6.12. The first-order chi connectivity index (χ1) is 29.5. The first-order valence-corrected chi connectivity index (χ1v) is 20.8. The van der Waals surface area contributed by atoms with Crippen LogP contribution in [0.2, 0.25) is 0 Å². The van der Waals surface area contributed by atoms with Crippen LogP contribution in [0.15, 0.2) is 12.2 Å². The molecular formula is C37H59B4NO21. The Bertz CT molecular complexity index is 1570. The largest absolute Gasteiger partial charge is 0.396 e. The van der Waals surface area contributed by atoms with E-state index in [2.05, 4.69) is 6.58 Å². The number of nitrogens with two attached hydrogens (primary N) is 1. The van der Waals surface area contributed by atoms with E-state index < -0.39 is 138 Å². The molecule has 9 heterocycles. The van der Waals surface area contributed by atoms with Crippen molar-refractivity contribution in [3.63, 3.8) is 0 Å². The second-order valence-electron chi connectivity index (χ2n) is 17.7. The van der Waals surface area contributed by atoms with Crippen molar-refractivity contribution in [2.75, 3.05) is 39.6 Å². The van der Waals surface area contributed by atoms with E-state index >= 15 is 0 Å². The topological polar surface area (TPSA) is 352 Å². The van der Waals surface area contributed by atoms with Gasteiger partial charge in [-0.05, 0) is 20.3 Å². The van der Waals surface area contributed by atoms with Crippen LogP contribution in [0.5, 0.6) is 0 Å². The second kappa shape index (κ2) is 19.3. The van der Waals surface area contributed by atoms with E-state index in [9.17, 15) is 40.9 Å². The maximum absolute atomic E-state index is 9.78. The van der Waals surface area contributed by atoms with Gasteiger partial charge in [0.05, 0.1) is 57.5 Å². The monoisotopic (exact) mass is 897 g/mol. The van der Waals surface area contributed by atoms with Crippen molar-refractivity contribution in [2.45, 2.75) is 171 Å². The molecule has 26 heteroatoms. The van der Waals surface area contributed by atoms with Crippen LogP contribution in [0.3, 0.4) is 0 Å². The van der Waals surface area contributed by atoms with Gasteiger partial charge in [-0.25, -0.2) is 0 Å². The van der Waals surface area contributed by atoms with Crippen molar-refractivity contribution in [3.8, 4) is 0 Å². The zero-order valence-corrected chi connectivity index (χ0v) is 35.0. The van der Waals surface area contributed by atoms with Crippen LogP contribution >= 0.6 is 0 Å². The molecule has 10 bridgehead atoms. The summed E-state index contributed by atoms with van der Waals surface area (Å²) in [6.45, 7) is 6.20. The summed E-state index contributed by atoms with van der Waals surface area (Å²) in [7, 11) is 22.0. The molecule has 24 atom stereocenters. The third kappa shape index (κ3) is 8.44. The number of aliphatic hydroxyl groups excluding tert-OH is 12. The predicted octanol–water partition coefficient (Wildman–Crippen LogP) is -8.79. The molecule has 10 fully saturated rings. The van der Waals surface area contributed by atoms with Gasteiger partial charge in [0.25, 0.3) is 0 Å². The number of hydrogen-bond donors (Lipinski definition) is 13. The first kappa shape index (κ1) is 51.5. The predicted molar refractivity (Wildman–Crippen MR) is 212 cm³/mol. The third-order valence-electron chi connectivity index (χ3n) is 13.9. The molecule has 10 rings (SSSR count). The minimum atomic E-state index is -1.44. The summed E-state index contributed by atoms with van der Waals surface area (Å²) in [6.07, 6.45) is -8.64. The summed E-state index contributed by atoms with van der Waals surface area (Å²) >= 11 is 0. The molecule has 9 saturated heterocycles. The second-order valence-corrected chi connectivity index (χ2v) is 17.7. The van der Waals surface area contributed by atoms with E-state index in [0.29, 0.717) is 12.8 Å². The molecule has 1 saturated carbocycles. The van der Waals surface area contributed by atoms with Gasteiger partial charge in [0.2, 0.25) is 0 Å². The lowest BCUT2D eigenvalue weighted by Crippen LogP contribution is -2.56. The molecule has 0 amide bonds. The molecule has 0 spiro atoms. The third-order valence-corrected chi connectivity index (χ3v) is 13.9. The van der Waals surface area contributed by atoms with Gasteiger partial charge in [0.1, 0.15) is 109 Å². The van der Waals surface area contributed by atoms with Crippen LogP contribution in [-0.2, 0) is 42.6 Å². The molecule has 0 aromatic carbocycles. The molecule has 10 aliphatic rings. The molecule has 9 aliphatic heterocycles. The Kier molecular flexibility index (Phi) is 15.7. The lowest BCUT2D eigenvalue weighted by Gasteiger charge is -2.37. The smallest absolute Gasteiger partial charge is 0.189 e. The molecule has 350 valence electrons. The van der Waals surface area contributed by atoms with Gasteiger partial charge in [0.15, 0.2) is 11.9 Å². The van der Waals surface area contributed by atoms with E-state index in [1.165, 1.54) is 0 Å². The first-order valence-electron chi connectivity index (χ1n) is 20.8. The molecule has 63 heavy (non-hydrogen) atoms. The highest BCUT2D eigenvalue weighted by atomic mass is 16.7. The van der Waals surface area contributed by atoms with Gasteiger partial charge >= 0.3 is 0 Å². The average Bonchev–Trinajstić information content (AvgIpc) is 4.09. The fourth-order valence-corrected chi connectivity index (χ4v) is 10.2. The Morgan fingerprint density at radius 3 is 1.60 bits per heavy atom. The quantitative estimate of drug-likeness (QED) is 0.0833. The molecule has 8 radical (unpaired) electrons. The molecule has 2 unspecified atom stereocenters. The van der Waals surface area contributed by atoms with Gasteiger partial charge in [-0.3, -0.25) is 0 Å². The Hall–Kier alpha value is -0.880. The van der Waals surface area contributed by atoms with Crippen molar-refractivity contribution < 1.29 is 104 Å². The van der Waals surface area contributed by atoms with E-state index in [1.807, 2.05) is 6.92 Å². The van der Waals surface area contributed by atoms with Crippen molar-refractivity contribution in [1.29, 1.82) is 0 Å². The molecule has 22 nitrogen and oxygen atoms in total. The molecule has 0 aromatic heterocycles. The average molecular weight is 897 g/mol. The van der Waals surface area contributed by atoms with Crippen LogP contribution in [0.1, 0.15) is 33.1 Å². The van der Waals surface area contributed by atoms with Crippen molar-refractivity contribution in [2.24, 2.45) is 11.7 Å². The van der Waals surface area contributed by atoms with Crippen molar-refractivity contribution >= 4 is 31.4 Å². The van der Waals surface area contributed by atoms with Gasteiger partial charge < -0.3 is 110 Å². The molecule has 14 N–H and O–H groups in total. The Labute approximate surface area is 369 Å².